The average molecular weight is 459 g/mol. The van der Waals surface area contributed by atoms with E-state index in [9.17, 15) is 23.5 Å². The van der Waals surface area contributed by atoms with Gasteiger partial charge >= 0.3 is 18.6 Å². The Balaban J connectivity index is 1.85. The van der Waals surface area contributed by atoms with Gasteiger partial charge in [0.15, 0.2) is 11.5 Å². The molecule has 7 nitrogen and oxygen atoms in total. The zero-order valence-electron chi connectivity index (χ0n) is 18.1. The molecule has 1 aliphatic heterocycles. The number of carboxylic acids is 1. The Morgan fingerprint density at radius 1 is 1.15 bits per heavy atom. The molecule has 0 saturated heterocycles. The topological polar surface area (TPSA) is 94.4 Å². The van der Waals surface area contributed by atoms with Crippen molar-refractivity contribution < 1.29 is 37.7 Å². The first-order valence-corrected chi connectivity index (χ1v) is 10.5. The van der Waals surface area contributed by atoms with Crippen molar-refractivity contribution >= 4 is 17.7 Å². The number of hydrogen-bond acceptors (Lipinski definition) is 6. The van der Waals surface area contributed by atoms with Crippen molar-refractivity contribution in [1.29, 1.82) is 0 Å². The fourth-order valence-corrected chi connectivity index (χ4v) is 4.65. The second-order valence-electron chi connectivity index (χ2n) is 8.05. The van der Waals surface area contributed by atoms with Crippen LogP contribution in [-0.2, 0) is 9.53 Å². The molecule has 4 rings (SSSR count). The van der Waals surface area contributed by atoms with Gasteiger partial charge in [-0.2, -0.15) is 8.78 Å². The molecule has 1 saturated carbocycles. The molecular formula is C24H23F2NO6. The predicted molar refractivity (Wildman–Crippen MR) is 115 cm³/mol. The molecule has 2 aliphatic rings. The molecule has 3 atom stereocenters. The van der Waals surface area contributed by atoms with E-state index in [0.717, 1.165) is 5.56 Å². The highest BCUT2D eigenvalue weighted by molar-refractivity contribution is 6.15. The van der Waals surface area contributed by atoms with Gasteiger partial charge in [-0.15, -0.1) is 0 Å². The molecule has 174 valence electrons. The minimum absolute atomic E-state index is 0.0971. The second kappa shape index (κ2) is 9.17. The first kappa shape index (κ1) is 22.7. The van der Waals surface area contributed by atoms with Crippen molar-refractivity contribution in [2.75, 3.05) is 7.11 Å². The monoisotopic (exact) mass is 459 g/mol. The molecule has 1 N–H and O–H groups in total. The number of hydrogen-bond donors (Lipinski definition) is 1. The van der Waals surface area contributed by atoms with E-state index in [4.69, 9.17) is 19.2 Å². The Kier molecular flexibility index (Phi) is 6.31. The summed E-state index contributed by atoms with van der Waals surface area (Å²) in [5.41, 5.74) is 2.63. The summed E-state index contributed by atoms with van der Waals surface area (Å²) in [5, 5.41) is 9.41. The van der Waals surface area contributed by atoms with Crippen LogP contribution in [0.15, 0.2) is 41.4 Å². The molecule has 33 heavy (non-hydrogen) atoms. The molecule has 0 aromatic heterocycles. The van der Waals surface area contributed by atoms with E-state index in [2.05, 4.69) is 0 Å². The number of nitrogens with zero attached hydrogens (tertiary/aromatic N) is 1. The molecule has 2 aromatic rings. The van der Waals surface area contributed by atoms with Crippen LogP contribution < -0.4 is 9.47 Å². The Morgan fingerprint density at radius 2 is 1.94 bits per heavy atom. The molecule has 1 aliphatic carbocycles. The van der Waals surface area contributed by atoms with Crippen LogP contribution in [0.25, 0.3) is 0 Å². The first-order valence-electron chi connectivity index (χ1n) is 10.5. The van der Waals surface area contributed by atoms with Crippen molar-refractivity contribution in [3.05, 3.63) is 58.7 Å². The number of carboxylic acid groups (broad SMARTS) is 1. The molecule has 0 bridgehead atoms. The highest BCUT2D eigenvalue weighted by Crippen LogP contribution is 2.45. The largest absolute Gasteiger partial charge is 0.493 e. The van der Waals surface area contributed by atoms with Gasteiger partial charge < -0.3 is 19.3 Å². The Bertz CT molecular complexity index is 1120. The molecule has 3 unspecified atom stereocenters. The minimum Gasteiger partial charge on any atom is -0.493 e. The standard InChI is InChI=1S/C24H23F2NO6/c1-12(28)32-15-6-7-19-17(9-15)16-10-21(33-24(25)26)20(31-2)11-18(16)22(27-19)13-4-3-5-14(8-13)23(29)30/h3-5,8,10-11,15,17,19,24H,6-7,9H2,1-2H3,(H,29,30). The smallest absolute Gasteiger partial charge is 0.387 e. The normalized spacial score (nSPS) is 21.5. The van der Waals surface area contributed by atoms with Gasteiger partial charge in [0.05, 0.1) is 24.4 Å². The number of esters is 1. The van der Waals surface area contributed by atoms with E-state index >= 15 is 0 Å². The zero-order valence-corrected chi connectivity index (χ0v) is 18.1. The molecular weight excluding hydrogens is 436 g/mol. The molecule has 9 heteroatoms. The molecule has 1 fully saturated rings. The van der Waals surface area contributed by atoms with E-state index in [-0.39, 0.29) is 41.1 Å². The van der Waals surface area contributed by atoms with Gasteiger partial charge in [0.1, 0.15) is 6.10 Å². The summed E-state index contributed by atoms with van der Waals surface area (Å²) in [6.45, 7) is -1.68. The molecule has 2 aromatic carbocycles. The Labute approximate surface area is 189 Å². The van der Waals surface area contributed by atoms with E-state index in [1.54, 1.807) is 18.2 Å². The number of aromatic carboxylic acids is 1. The summed E-state index contributed by atoms with van der Waals surface area (Å²) in [5.74, 6) is -1.61. The van der Waals surface area contributed by atoms with Crippen LogP contribution in [0.4, 0.5) is 8.78 Å². The lowest BCUT2D eigenvalue weighted by Crippen LogP contribution is -2.36. The van der Waals surface area contributed by atoms with Crippen LogP contribution >= 0.6 is 0 Å². The fraction of sp³-hybridized carbons (Fsp3) is 0.375. The maximum atomic E-state index is 13.1. The van der Waals surface area contributed by atoms with Crippen LogP contribution in [0.5, 0.6) is 11.5 Å². The summed E-state index contributed by atoms with van der Waals surface area (Å²) in [4.78, 5) is 27.9. The second-order valence-corrected chi connectivity index (χ2v) is 8.05. The van der Waals surface area contributed by atoms with E-state index in [0.29, 0.717) is 36.1 Å². The van der Waals surface area contributed by atoms with Gasteiger partial charge in [-0.05, 0) is 49.1 Å². The quantitative estimate of drug-likeness (QED) is 0.643. The maximum Gasteiger partial charge on any atom is 0.387 e. The number of alkyl halides is 2. The van der Waals surface area contributed by atoms with Crippen LogP contribution in [0, 0.1) is 0 Å². The summed E-state index contributed by atoms with van der Waals surface area (Å²) >= 11 is 0. The minimum atomic E-state index is -3.03. The van der Waals surface area contributed by atoms with Gasteiger partial charge in [0.25, 0.3) is 0 Å². The van der Waals surface area contributed by atoms with Crippen LogP contribution in [-0.4, -0.2) is 48.6 Å². The van der Waals surface area contributed by atoms with E-state index < -0.39 is 12.6 Å². The molecule has 0 radical (unpaired) electrons. The summed E-state index contributed by atoms with van der Waals surface area (Å²) in [6, 6.07) is 9.36. The van der Waals surface area contributed by atoms with Gasteiger partial charge in [0, 0.05) is 24.0 Å². The van der Waals surface area contributed by atoms with E-state index in [1.807, 2.05) is 0 Å². The summed E-state index contributed by atoms with van der Waals surface area (Å²) in [7, 11) is 1.35. The van der Waals surface area contributed by atoms with Gasteiger partial charge in [-0.25, -0.2) is 4.79 Å². The molecule has 1 heterocycles. The van der Waals surface area contributed by atoms with Crippen molar-refractivity contribution in [3.8, 4) is 11.5 Å². The number of halogens is 2. The van der Waals surface area contributed by atoms with Crippen LogP contribution in [0.3, 0.4) is 0 Å². The number of methoxy groups -OCH3 is 1. The number of rotatable bonds is 6. The van der Waals surface area contributed by atoms with Crippen molar-refractivity contribution in [3.63, 3.8) is 0 Å². The molecule has 0 spiro atoms. The highest BCUT2D eigenvalue weighted by Gasteiger charge is 2.39. The fourth-order valence-electron chi connectivity index (χ4n) is 4.65. The van der Waals surface area contributed by atoms with Gasteiger partial charge in [0.2, 0.25) is 0 Å². The lowest BCUT2D eigenvalue weighted by Gasteiger charge is -2.38. The number of fused-ring (bicyclic) bond motifs is 3. The van der Waals surface area contributed by atoms with Gasteiger partial charge in [-0.3, -0.25) is 9.79 Å². The first-order chi connectivity index (χ1) is 15.8. The summed E-state index contributed by atoms with van der Waals surface area (Å²) < 4.78 is 41.5. The maximum absolute atomic E-state index is 13.1. The SMILES string of the molecule is COc1cc2c(cc1OC(F)F)C1CC(OC(C)=O)CCC1N=C2c1cccc(C(=O)O)c1. The Hall–Kier alpha value is -3.49. The van der Waals surface area contributed by atoms with Gasteiger partial charge in [-0.1, -0.05) is 12.1 Å². The number of ether oxygens (including phenoxy) is 3. The predicted octanol–water partition coefficient (Wildman–Crippen LogP) is 4.41. The lowest BCUT2D eigenvalue weighted by molar-refractivity contribution is -0.148. The van der Waals surface area contributed by atoms with Crippen molar-refractivity contribution in [2.45, 2.75) is 50.9 Å². The zero-order chi connectivity index (χ0) is 23.7. The van der Waals surface area contributed by atoms with Crippen LogP contribution in [0.2, 0.25) is 0 Å². The number of carbonyl (C=O) groups is 2. The lowest BCUT2D eigenvalue weighted by atomic mass is 9.74. The Morgan fingerprint density at radius 3 is 2.61 bits per heavy atom. The third-order valence-corrected chi connectivity index (χ3v) is 5.98. The highest BCUT2D eigenvalue weighted by atomic mass is 19.3. The average Bonchev–Trinajstić information content (AvgIpc) is 2.77. The van der Waals surface area contributed by atoms with Crippen molar-refractivity contribution in [2.24, 2.45) is 4.99 Å². The third kappa shape index (κ3) is 4.67. The third-order valence-electron chi connectivity index (χ3n) is 5.98. The van der Waals surface area contributed by atoms with Crippen LogP contribution in [0.1, 0.15) is 59.2 Å². The summed E-state index contributed by atoms with van der Waals surface area (Å²) in [6.07, 6.45) is 1.44. The number of aliphatic imine (C=N–C) groups is 1. The number of benzene rings is 2. The van der Waals surface area contributed by atoms with Crippen molar-refractivity contribution in [1.82, 2.24) is 0 Å². The van der Waals surface area contributed by atoms with E-state index in [1.165, 1.54) is 32.2 Å². The molecule has 0 amide bonds. The number of carbonyl (C=O) groups excluding carboxylic acids is 1.